The van der Waals surface area contributed by atoms with Gasteiger partial charge in [0, 0.05) is 17.3 Å². The van der Waals surface area contributed by atoms with Gasteiger partial charge >= 0.3 is 0 Å². The zero-order valence-corrected chi connectivity index (χ0v) is 10.9. The Bertz CT molecular complexity index is 520. The Hall–Kier alpha value is -1.47. The van der Waals surface area contributed by atoms with Crippen LogP contribution in [0.15, 0.2) is 42.5 Å². The van der Waals surface area contributed by atoms with Gasteiger partial charge in [-0.2, -0.15) is 0 Å². The molecule has 2 aromatic rings. The van der Waals surface area contributed by atoms with Crippen LogP contribution in [-0.2, 0) is 6.54 Å². The van der Waals surface area contributed by atoms with E-state index in [4.69, 9.17) is 11.6 Å². The van der Waals surface area contributed by atoms with Crippen LogP contribution in [0.5, 0.6) is 0 Å². The average Bonchev–Trinajstić information content (AvgIpc) is 2.31. The molecule has 0 heterocycles. The molecule has 0 fully saturated rings. The lowest BCUT2D eigenvalue weighted by molar-refractivity contribution is 1.13. The summed E-state index contributed by atoms with van der Waals surface area (Å²) in [5.41, 5.74) is 4.99. The summed E-state index contributed by atoms with van der Waals surface area (Å²) in [7, 11) is 0. The summed E-state index contributed by atoms with van der Waals surface area (Å²) >= 11 is 5.96. The van der Waals surface area contributed by atoms with Gasteiger partial charge in [0.05, 0.1) is 0 Å². The quantitative estimate of drug-likeness (QED) is 0.835. The first-order valence-corrected chi connectivity index (χ1v) is 6.09. The SMILES string of the molecule is Cc1cccc(NCc2cccc(Cl)c2)c1C. The van der Waals surface area contributed by atoms with Crippen LogP contribution in [0, 0.1) is 13.8 Å². The lowest BCUT2D eigenvalue weighted by Gasteiger charge is -2.11. The maximum absolute atomic E-state index is 5.96. The molecule has 0 aliphatic heterocycles. The summed E-state index contributed by atoms with van der Waals surface area (Å²) in [5.74, 6) is 0. The summed E-state index contributed by atoms with van der Waals surface area (Å²) in [5, 5.41) is 4.22. The first-order chi connectivity index (χ1) is 8.16. The minimum absolute atomic E-state index is 0.783. The van der Waals surface area contributed by atoms with Crippen molar-refractivity contribution in [3.05, 3.63) is 64.2 Å². The van der Waals surface area contributed by atoms with E-state index in [-0.39, 0.29) is 0 Å². The van der Waals surface area contributed by atoms with E-state index in [9.17, 15) is 0 Å². The third kappa shape index (κ3) is 3.01. The lowest BCUT2D eigenvalue weighted by atomic mass is 10.1. The molecule has 0 radical (unpaired) electrons. The fraction of sp³-hybridized carbons (Fsp3) is 0.200. The van der Waals surface area contributed by atoms with E-state index in [2.05, 4.69) is 43.4 Å². The molecule has 0 bridgehead atoms. The second-order valence-corrected chi connectivity index (χ2v) is 4.67. The summed E-state index contributed by atoms with van der Waals surface area (Å²) < 4.78 is 0. The van der Waals surface area contributed by atoms with Crippen molar-refractivity contribution < 1.29 is 0 Å². The highest BCUT2D eigenvalue weighted by Gasteiger charge is 2.00. The van der Waals surface area contributed by atoms with Gasteiger partial charge < -0.3 is 5.32 Å². The van der Waals surface area contributed by atoms with E-state index < -0.39 is 0 Å². The maximum atomic E-state index is 5.96. The van der Waals surface area contributed by atoms with Gasteiger partial charge in [-0.1, -0.05) is 35.9 Å². The topological polar surface area (TPSA) is 12.0 Å². The zero-order valence-electron chi connectivity index (χ0n) is 10.1. The minimum atomic E-state index is 0.783. The zero-order chi connectivity index (χ0) is 12.3. The van der Waals surface area contributed by atoms with Crippen molar-refractivity contribution in [2.75, 3.05) is 5.32 Å². The molecule has 0 atom stereocenters. The van der Waals surface area contributed by atoms with E-state index in [1.165, 1.54) is 22.4 Å². The molecule has 88 valence electrons. The van der Waals surface area contributed by atoms with Crippen molar-refractivity contribution in [3.63, 3.8) is 0 Å². The second kappa shape index (κ2) is 5.24. The number of nitrogens with one attached hydrogen (secondary N) is 1. The molecule has 0 saturated carbocycles. The van der Waals surface area contributed by atoms with E-state index in [1.54, 1.807) is 0 Å². The largest absolute Gasteiger partial charge is 0.381 e. The summed E-state index contributed by atoms with van der Waals surface area (Å²) in [6, 6.07) is 14.2. The van der Waals surface area contributed by atoms with E-state index in [1.807, 2.05) is 18.2 Å². The second-order valence-electron chi connectivity index (χ2n) is 4.23. The Morgan fingerprint density at radius 2 is 1.82 bits per heavy atom. The maximum Gasteiger partial charge on any atom is 0.0409 e. The van der Waals surface area contributed by atoms with Crippen molar-refractivity contribution in [1.82, 2.24) is 0 Å². The van der Waals surface area contributed by atoms with Crippen LogP contribution in [0.2, 0.25) is 5.02 Å². The monoisotopic (exact) mass is 245 g/mol. The predicted octanol–water partition coefficient (Wildman–Crippen LogP) is 4.57. The number of hydrogen-bond acceptors (Lipinski definition) is 1. The van der Waals surface area contributed by atoms with Crippen LogP contribution < -0.4 is 5.32 Å². The van der Waals surface area contributed by atoms with Gasteiger partial charge in [0.15, 0.2) is 0 Å². The van der Waals surface area contributed by atoms with Crippen LogP contribution in [0.1, 0.15) is 16.7 Å². The highest BCUT2D eigenvalue weighted by molar-refractivity contribution is 6.30. The average molecular weight is 246 g/mol. The summed E-state index contributed by atoms with van der Waals surface area (Å²) in [6.45, 7) is 5.06. The molecular weight excluding hydrogens is 230 g/mol. The molecule has 0 saturated heterocycles. The van der Waals surface area contributed by atoms with Crippen molar-refractivity contribution in [2.45, 2.75) is 20.4 Å². The Balaban J connectivity index is 2.10. The molecule has 2 heteroatoms. The molecular formula is C15H16ClN. The molecule has 0 aromatic heterocycles. The standard InChI is InChI=1S/C15H16ClN/c1-11-5-3-8-15(12(11)2)17-10-13-6-4-7-14(16)9-13/h3-9,17H,10H2,1-2H3. The molecule has 0 aliphatic carbocycles. The van der Waals surface area contributed by atoms with Gasteiger partial charge in [0.1, 0.15) is 0 Å². The fourth-order valence-electron chi connectivity index (χ4n) is 1.79. The third-order valence-corrected chi connectivity index (χ3v) is 3.21. The molecule has 0 spiro atoms. The number of halogens is 1. The van der Waals surface area contributed by atoms with E-state index >= 15 is 0 Å². The number of hydrogen-bond donors (Lipinski definition) is 1. The summed E-state index contributed by atoms with van der Waals surface area (Å²) in [4.78, 5) is 0. The first-order valence-electron chi connectivity index (χ1n) is 5.71. The molecule has 2 rings (SSSR count). The molecule has 0 unspecified atom stereocenters. The normalized spacial score (nSPS) is 10.3. The van der Waals surface area contributed by atoms with Crippen molar-refractivity contribution in [2.24, 2.45) is 0 Å². The van der Waals surface area contributed by atoms with Gasteiger partial charge in [-0.15, -0.1) is 0 Å². The van der Waals surface area contributed by atoms with Crippen molar-refractivity contribution in [1.29, 1.82) is 0 Å². The molecule has 2 aromatic carbocycles. The van der Waals surface area contributed by atoms with Crippen LogP contribution >= 0.6 is 11.6 Å². The van der Waals surface area contributed by atoms with Crippen molar-refractivity contribution >= 4 is 17.3 Å². The fourth-order valence-corrected chi connectivity index (χ4v) is 2.00. The molecule has 0 aliphatic rings. The van der Waals surface area contributed by atoms with Gasteiger partial charge in [-0.25, -0.2) is 0 Å². The van der Waals surface area contributed by atoms with Gasteiger partial charge in [-0.05, 0) is 48.7 Å². The van der Waals surface area contributed by atoms with Crippen LogP contribution in [0.25, 0.3) is 0 Å². The minimum Gasteiger partial charge on any atom is -0.381 e. The Kier molecular flexibility index (Phi) is 3.70. The number of benzene rings is 2. The third-order valence-electron chi connectivity index (χ3n) is 2.98. The molecule has 1 N–H and O–H groups in total. The first kappa shape index (κ1) is 12.0. The van der Waals surface area contributed by atoms with Crippen LogP contribution in [0.3, 0.4) is 0 Å². The predicted molar refractivity (Wildman–Crippen MR) is 74.7 cm³/mol. The highest BCUT2D eigenvalue weighted by atomic mass is 35.5. The molecule has 17 heavy (non-hydrogen) atoms. The van der Waals surface area contributed by atoms with Crippen LogP contribution in [-0.4, -0.2) is 0 Å². The van der Waals surface area contributed by atoms with E-state index in [0.29, 0.717) is 0 Å². The van der Waals surface area contributed by atoms with Gasteiger partial charge in [0.2, 0.25) is 0 Å². The smallest absolute Gasteiger partial charge is 0.0409 e. The Morgan fingerprint density at radius 1 is 1.06 bits per heavy atom. The number of anilines is 1. The van der Waals surface area contributed by atoms with Gasteiger partial charge in [0.25, 0.3) is 0 Å². The highest BCUT2D eigenvalue weighted by Crippen LogP contribution is 2.19. The van der Waals surface area contributed by atoms with Crippen LogP contribution in [0.4, 0.5) is 5.69 Å². The van der Waals surface area contributed by atoms with Crippen molar-refractivity contribution in [3.8, 4) is 0 Å². The number of aryl methyl sites for hydroxylation is 1. The molecule has 0 amide bonds. The Labute approximate surface area is 107 Å². The number of rotatable bonds is 3. The van der Waals surface area contributed by atoms with Gasteiger partial charge in [-0.3, -0.25) is 0 Å². The molecule has 1 nitrogen and oxygen atoms in total. The Morgan fingerprint density at radius 3 is 2.59 bits per heavy atom. The lowest BCUT2D eigenvalue weighted by Crippen LogP contribution is -2.01. The summed E-state index contributed by atoms with van der Waals surface area (Å²) in [6.07, 6.45) is 0. The van der Waals surface area contributed by atoms with E-state index in [0.717, 1.165) is 11.6 Å².